The molecule has 5 heteroatoms. The summed E-state index contributed by atoms with van der Waals surface area (Å²) in [6, 6.07) is 12.4. The molecular weight excluding hydrogens is 292 g/mol. The van der Waals surface area contributed by atoms with Crippen molar-refractivity contribution in [2.45, 2.75) is 13.3 Å². The Hall–Kier alpha value is -3.26. The van der Waals surface area contributed by atoms with Crippen LogP contribution in [0.3, 0.4) is 0 Å². The number of nitrogens with one attached hydrogen (secondary N) is 1. The lowest BCUT2D eigenvalue weighted by molar-refractivity contribution is -0.132. The predicted molar refractivity (Wildman–Crippen MR) is 87.5 cm³/mol. The topological polar surface area (TPSA) is 86.3 Å². The number of carboxylic acid groups (broad SMARTS) is 1. The number of nitriles is 1. The van der Waals surface area contributed by atoms with E-state index in [1.54, 1.807) is 42.5 Å². The Morgan fingerprint density at radius 2 is 2.22 bits per heavy atom. The first-order chi connectivity index (χ1) is 11.1. The first kappa shape index (κ1) is 16.1. The van der Waals surface area contributed by atoms with Crippen LogP contribution in [-0.2, 0) is 4.79 Å². The van der Waals surface area contributed by atoms with E-state index in [1.807, 2.05) is 6.92 Å². The Kier molecular flexibility index (Phi) is 5.37. The molecule has 2 aromatic rings. The van der Waals surface area contributed by atoms with E-state index in [4.69, 9.17) is 9.68 Å². The summed E-state index contributed by atoms with van der Waals surface area (Å²) in [6.07, 6.45) is 5.26. The minimum Gasteiger partial charge on any atom is -0.478 e. The number of benzene rings is 1. The van der Waals surface area contributed by atoms with E-state index in [0.717, 1.165) is 0 Å². The molecule has 116 valence electrons. The fourth-order valence-electron chi connectivity index (χ4n) is 2.01. The lowest BCUT2D eigenvalue weighted by atomic mass is 10.1. The second-order valence-electron chi connectivity index (χ2n) is 4.73. The Balaban J connectivity index is 2.41. The molecule has 1 aromatic heterocycles. The predicted octanol–water partition coefficient (Wildman–Crippen LogP) is 4.03. The molecule has 0 bridgehead atoms. The van der Waals surface area contributed by atoms with Crippen molar-refractivity contribution in [3.8, 4) is 6.07 Å². The lowest BCUT2D eigenvalue weighted by Gasteiger charge is -2.10. The van der Waals surface area contributed by atoms with Gasteiger partial charge in [-0.2, -0.15) is 5.26 Å². The summed E-state index contributed by atoms with van der Waals surface area (Å²) in [4.78, 5) is 11.3. The molecular formula is C18H16N2O3. The highest BCUT2D eigenvalue weighted by Crippen LogP contribution is 2.21. The third kappa shape index (κ3) is 4.35. The van der Waals surface area contributed by atoms with Gasteiger partial charge in [-0.1, -0.05) is 19.1 Å². The molecule has 2 N–H and O–H groups in total. The number of carboxylic acids is 1. The van der Waals surface area contributed by atoms with Crippen molar-refractivity contribution in [1.82, 2.24) is 0 Å². The number of rotatable bonds is 6. The molecule has 0 spiro atoms. The number of hydrogen-bond acceptors (Lipinski definition) is 4. The summed E-state index contributed by atoms with van der Waals surface area (Å²) in [5, 5.41) is 21.4. The molecule has 0 aliphatic carbocycles. The minimum atomic E-state index is -1.01. The monoisotopic (exact) mass is 308 g/mol. The number of aliphatic carboxylic acids is 1. The van der Waals surface area contributed by atoms with Gasteiger partial charge in [0.2, 0.25) is 0 Å². The molecule has 0 amide bonds. The second-order valence-corrected chi connectivity index (χ2v) is 4.73. The maximum Gasteiger partial charge on any atom is 0.335 e. The van der Waals surface area contributed by atoms with Gasteiger partial charge in [0.05, 0.1) is 29.2 Å². The van der Waals surface area contributed by atoms with Crippen LogP contribution in [0.25, 0.3) is 5.70 Å². The highest BCUT2D eigenvalue weighted by molar-refractivity contribution is 5.93. The molecule has 0 saturated heterocycles. The zero-order chi connectivity index (χ0) is 16.7. The molecule has 2 rings (SSSR count). The fourth-order valence-corrected chi connectivity index (χ4v) is 2.01. The third-order valence-electron chi connectivity index (χ3n) is 3.03. The largest absolute Gasteiger partial charge is 0.478 e. The van der Waals surface area contributed by atoms with Gasteiger partial charge < -0.3 is 14.8 Å². The number of furan rings is 1. The summed E-state index contributed by atoms with van der Waals surface area (Å²) in [7, 11) is 0. The van der Waals surface area contributed by atoms with Crippen molar-refractivity contribution < 1.29 is 14.3 Å². The summed E-state index contributed by atoms with van der Waals surface area (Å²) >= 11 is 0. The molecule has 1 heterocycles. The standard InChI is InChI=1S/C18H16N2O3/c1-2-5-14(18(21)22)11-16(17-8-4-9-23-17)20-15-7-3-6-13(10-15)12-19/h3-11,20H,2H2,1H3,(H,21,22)/b14-5-,16-11-. The number of carbonyl (C=O) groups is 1. The highest BCUT2D eigenvalue weighted by Gasteiger charge is 2.10. The van der Waals surface area contributed by atoms with E-state index in [1.165, 1.54) is 12.3 Å². The molecule has 0 aliphatic heterocycles. The van der Waals surface area contributed by atoms with Crippen molar-refractivity contribution in [3.63, 3.8) is 0 Å². The SMILES string of the molecule is CC/C=C(/C=C(\Nc1cccc(C#N)c1)c1ccco1)C(=O)O. The van der Waals surface area contributed by atoms with Crippen LogP contribution in [0.1, 0.15) is 24.7 Å². The van der Waals surface area contributed by atoms with Crippen molar-refractivity contribution >= 4 is 17.4 Å². The van der Waals surface area contributed by atoms with E-state index < -0.39 is 5.97 Å². The molecule has 0 aliphatic rings. The molecule has 0 unspecified atom stereocenters. The van der Waals surface area contributed by atoms with E-state index >= 15 is 0 Å². The minimum absolute atomic E-state index is 0.169. The first-order valence-corrected chi connectivity index (χ1v) is 7.10. The van der Waals surface area contributed by atoms with Gasteiger partial charge in [0.25, 0.3) is 0 Å². The van der Waals surface area contributed by atoms with Gasteiger partial charge in [0.1, 0.15) is 5.76 Å². The zero-order valence-electron chi connectivity index (χ0n) is 12.6. The van der Waals surface area contributed by atoms with Gasteiger partial charge in [0.15, 0.2) is 0 Å². The van der Waals surface area contributed by atoms with E-state index in [2.05, 4.69) is 11.4 Å². The van der Waals surface area contributed by atoms with Crippen LogP contribution in [0, 0.1) is 11.3 Å². The first-order valence-electron chi connectivity index (χ1n) is 7.10. The van der Waals surface area contributed by atoms with Crippen LogP contribution in [0.2, 0.25) is 0 Å². The summed E-state index contributed by atoms with van der Waals surface area (Å²) in [6.45, 7) is 1.87. The maximum atomic E-state index is 11.3. The summed E-state index contributed by atoms with van der Waals surface area (Å²) in [5.74, 6) is -0.501. The van der Waals surface area contributed by atoms with Crippen molar-refractivity contribution in [3.05, 3.63) is 71.7 Å². The van der Waals surface area contributed by atoms with E-state index in [0.29, 0.717) is 29.1 Å². The second kappa shape index (κ2) is 7.66. The maximum absolute atomic E-state index is 11.3. The number of anilines is 1. The molecule has 0 atom stereocenters. The normalized spacial score (nSPS) is 11.8. The van der Waals surface area contributed by atoms with Crippen molar-refractivity contribution in [2.24, 2.45) is 0 Å². The number of hydrogen-bond donors (Lipinski definition) is 2. The molecule has 0 radical (unpaired) electrons. The van der Waals surface area contributed by atoms with E-state index in [-0.39, 0.29) is 5.57 Å². The summed E-state index contributed by atoms with van der Waals surface area (Å²) in [5.41, 5.74) is 1.86. The highest BCUT2D eigenvalue weighted by atomic mass is 16.4. The molecule has 0 fully saturated rings. The van der Waals surface area contributed by atoms with Crippen molar-refractivity contribution in [1.29, 1.82) is 5.26 Å². The Morgan fingerprint density at radius 3 is 2.83 bits per heavy atom. The zero-order valence-corrected chi connectivity index (χ0v) is 12.6. The van der Waals surface area contributed by atoms with Crippen LogP contribution >= 0.6 is 0 Å². The molecule has 0 saturated carbocycles. The lowest BCUT2D eigenvalue weighted by Crippen LogP contribution is -2.03. The Labute approximate surface area is 134 Å². The Bertz CT molecular complexity index is 781. The van der Waals surface area contributed by atoms with Gasteiger partial charge in [-0.15, -0.1) is 0 Å². The van der Waals surface area contributed by atoms with Crippen LogP contribution in [0.5, 0.6) is 0 Å². The molecule has 1 aromatic carbocycles. The quantitative estimate of drug-likeness (QED) is 0.621. The van der Waals surface area contributed by atoms with Crippen LogP contribution in [0.15, 0.2) is 64.8 Å². The smallest absolute Gasteiger partial charge is 0.335 e. The van der Waals surface area contributed by atoms with Crippen LogP contribution in [-0.4, -0.2) is 11.1 Å². The van der Waals surface area contributed by atoms with Crippen LogP contribution < -0.4 is 5.32 Å². The van der Waals surface area contributed by atoms with Gasteiger partial charge in [-0.3, -0.25) is 0 Å². The van der Waals surface area contributed by atoms with Gasteiger partial charge in [0, 0.05) is 5.69 Å². The van der Waals surface area contributed by atoms with Gasteiger partial charge >= 0.3 is 5.97 Å². The molecule has 5 nitrogen and oxygen atoms in total. The summed E-state index contributed by atoms with van der Waals surface area (Å²) < 4.78 is 5.37. The Morgan fingerprint density at radius 1 is 1.39 bits per heavy atom. The van der Waals surface area contributed by atoms with Crippen molar-refractivity contribution in [2.75, 3.05) is 5.32 Å². The average molecular weight is 308 g/mol. The number of allylic oxidation sites excluding steroid dienone is 1. The van der Waals surface area contributed by atoms with Gasteiger partial charge in [-0.05, 0) is 42.8 Å². The molecule has 23 heavy (non-hydrogen) atoms. The van der Waals surface area contributed by atoms with Gasteiger partial charge in [-0.25, -0.2) is 4.79 Å². The van der Waals surface area contributed by atoms with E-state index in [9.17, 15) is 9.90 Å². The third-order valence-corrected chi connectivity index (χ3v) is 3.03. The fraction of sp³-hybridized carbons (Fsp3) is 0.111. The number of nitrogens with zero attached hydrogens (tertiary/aromatic N) is 1. The average Bonchev–Trinajstić information content (AvgIpc) is 3.08. The van der Waals surface area contributed by atoms with Crippen LogP contribution in [0.4, 0.5) is 5.69 Å².